The molecule has 1 aliphatic heterocycles. The Kier molecular flexibility index (Phi) is 6.33. The van der Waals surface area contributed by atoms with Crippen LogP contribution in [0.15, 0.2) is 48.5 Å². The van der Waals surface area contributed by atoms with Gasteiger partial charge >= 0.3 is 0 Å². The molecule has 8 nitrogen and oxygen atoms in total. The Morgan fingerprint density at radius 3 is 2.72 bits per heavy atom. The molecule has 2 aromatic carbocycles. The maximum Gasteiger partial charge on any atom is 0.258 e. The highest BCUT2D eigenvalue weighted by molar-refractivity contribution is 5.99. The Labute approximate surface area is 168 Å². The molecule has 1 atom stereocenters. The molecular weight excluding hydrogens is 374 g/mol. The quantitative estimate of drug-likeness (QED) is 0.648. The van der Waals surface area contributed by atoms with E-state index in [4.69, 9.17) is 10.5 Å². The molecule has 0 aliphatic carbocycles. The highest BCUT2D eigenvalue weighted by atomic mass is 16.5. The van der Waals surface area contributed by atoms with Crippen molar-refractivity contribution in [1.29, 1.82) is 0 Å². The lowest BCUT2D eigenvalue weighted by molar-refractivity contribution is -0.125. The number of phenolic OH excluding ortho intramolecular Hbond substituents is 1. The van der Waals surface area contributed by atoms with E-state index in [0.717, 1.165) is 5.56 Å². The van der Waals surface area contributed by atoms with Gasteiger partial charge in [0, 0.05) is 13.1 Å². The van der Waals surface area contributed by atoms with E-state index in [9.17, 15) is 19.5 Å². The largest absolute Gasteiger partial charge is 0.507 e. The van der Waals surface area contributed by atoms with Crippen molar-refractivity contribution in [2.75, 3.05) is 13.2 Å². The van der Waals surface area contributed by atoms with Crippen LogP contribution in [0.3, 0.4) is 0 Å². The molecule has 1 saturated heterocycles. The number of nitrogens with two attached hydrogens (primary N) is 1. The van der Waals surface area contributed by atoms with Crippen molar-refractivity contribution in [2.24, 2.45) is 5.73 Å². The molecule has 8 heteroatoms. The van der Waals surface area contributed by atoms with E-state index in [-0.39, 0.29) is 36.3 Å². The third-order valence-corrected chi connectivity index (χ3v) is 4.70. The van der Waals surface area contributed by atoms with E-state index in [1.807, 2.05) is 6.07 Å². The van der Waals surface area contributed by atoms with Crippen LogP contribution < -0.4 is 15.8 Å². The number of rotatable bonds is 7. The first-order valence-corrected chi connectivity index (χ1v) is 9.32. The molecule has 0 saturated carbocycles. The lowest BCUT2D eigenvalue weighted by Gasteiger charge is -2.24. The molecule has 1 unspecified atom stereocenters. The molecule has 1 fully saturated rings. The summed E-state index contributed by atoms with van der Waals surface area (Å²) in [6.07, 6.45) is 1.28. The summed E-state index contributed by atoms with van der Waals surface area (Å²) in [6, 6.07) is 12.7. The number of nitrogens with zero attached hydrogens (tertiary/aromatic N) is 1. The molecule has 0 spiro atoms. The number of nitrogens with one attached hydrogen (secondary N) is 1. The van der Waals surface area contributed by atoms with E-state index in [1.54, 1.807) is 36.4 Å². The number of para-hydroxylation sites is 1. The fourth-order valence-corrected chi connectivity index (χ4v) is 3.30. The van der Waals surface area contributed by atoms with Crippen LogP contribution in [0.4, 0.5) is 0 Å². The fraction of sp³-hybridized carbons (Fsp3) is 0.286. The second-order valence-electron chi connectivity index (χ2n) is 6.79. The number of amides is 3. The van der Waals surface area contributed by atoms with Crippen LogP contribution in [0, 0.1) is 0 Å². The zero-order valence-electron chi connectivity index (χ0n) is 15.8. The van der Waals surface area contributed by atoms with Crippen molar-refractivity contribution >= 4 is 17.7 Å². The Morgan fingerprint density at radius 2 is 1.97 bits per heavy atom. The average Bonchev–Trinajstić information content (AvgIpc) is 3.21. The van der Waals surface area contributed by atoms with Gasteiger partial charge in [0.25, 0.3) is 11.8 Å². The van der Waals surface area contributed by atoms with Gasteiger partial charge in [-0.05, 0) is 42.7 Å². The van der Waals surface area contributed by atoms with Gasteiger partial charge in [-0.25, -0.2) is 0 Å². The molecule has 2 aromatic rings. The van der Waals surface area contributed by atoms with Gasteiger partial charge in [0.2, 0.25) is 5.91 Å². The summed E-state index contributed by atoms with van der Waals surface area (Å²) in [7, 11) is 0. The van der Waals surface area contributed by atoms with Crippen molar-refractivity contribution in [2.45, 2.75) is 25.4 Å². The van der Waals surface area contributed by atoms with Crippen LogP contribution >= 0.6 is 0 Å². The van der Waals surface area contributed by atoms with E-state index in [0.29, 0.717) is 25.1 Å². The number of hydrogen-bond acceptors (Lipinski definition) is 5. The molecule has 0 aromatic heterocycles. The van der Waals surface area contributed by atoms with Gasteiger partial charge in [0.1, 0.15) is 17.5 Å². The summed E-state index contributed by atoms with van der Waals surface area (Å²) < 4.78 is 5.26. The number of likely N-dealkylation sites (tertiary alicyclic amines) is 1. The van der Waals surface area contributed by atoms with E-state index in [2.05, 4.69) is 5.32 Å². The number of benzene rings is 2. The Balaban J connectivity index is 1.61. The molecule has 29 heavy (non-hydrogen) atoms. The summed E-state index contributed by atoms with van der Waals surface area (Å²) in [5.74, 6) is -0.805. The Bertz CT molecular complexity index is 915. The van der Waals surface area contributed by atoms with Crippen molar-refractivity contribution in [3.8, 4) is 11.5 Å². The third-order valence-electron chi connectivity index (χ3n) is 4.70. The number of ether oxygens (including phenoxy) is 1. The highest BCUT2D eigenvalue weighted by Crippen LogP contribution is 2.24. The molecule has 1 aliphatic rings. The monoisotopic (exact) mass is 397 g/mol. The maximum absolute atomic E-state index is 12.8. The van der Waals surface area contributed by atoms with Crippen LogP contribution in [0.25, 0.3) is 0 Å². The normalized spacial score (nSPS) is 15.7. The van der Waals surface area contributed by atoms with Crippen molar-refractivity contribution < 1.29 is 24.2 Å². The smallest absolute Gasteiger partial charge is 0.258 e. The number of phenols is 1. The van der Waals surface area contributed by atoms with Crippen molar-refractivity contribution in [3.05, 3.63) is 59.7 Å². The standard InChI is InChI=1S/C21H23N3O5/c22-19(26)13-29-15-6-3-5-14(11-15)12-23-20(27)17-8-4-10-24(17)21(28)16-7-1-2-9-18(16)25/h1-3,5-7,9,11,17,25H,4,8,10,12-13H2,(H2,22,26)(H,23,27). The zero-order chi connectivity index (χ0) is 20.8. The minimum Gasteiger partial charge on any atom is -0.507 e. The SMILES string of the molecule is NC(=O)COc1cccc(CNC(=O)C2CCCN2C(=O)c2ccccc2O)c1. The predicted octanol–water partition coefficient (Wildman–Crippen LogP) is 1.18. The van der Waals surface area contributed by atoms with Gasteiger partial charge in [-0.2, -0.15) is 0 Å². The molecular formula is C21H23N3O5. The highest BCUT2D eigenvalue weighted by Gasteiger charge is 2.35. The third kappa shape index (κ3) is 5.04. The molecule has 0 radical (unpaired) electrons. The summed E-state index contributed by atoms with van der Waals surface area (Å²) >= 11 is 0. The van der Waals surface area contributed by atoms with Crippen LogP contribution in [0.1, 0.15) is 28.8 Å². The topological polar surface area (TPSA) is 122 Å². The average molecular weight is 397 g/mol. The summed E-state index contributed by atoms with van der Waals surface area (Å²) in [4.78, 5) is 37.8. The summed E-state index contributed by atoms with van der Waals surface area (Å²) in [6.45, 7) is 0.491. The second kappa shape index (κ2) is 9.09. The van der Waals surface area contributed by atoms with Gasteiger partial charge in [0.15, 0.2) is 6.61 Å². The molecule has 152 valence electrons. The molecule has 4 N–H and O–H groups in total. The van der Waals surface area contributed by atoms with Crippen LogP contribution in [-0.2, 0) is 16.1 Å². The van der Waals surface area contributed by atoms with E-state index >= 15 is 0 Å². The van der Waals surface area contributed by atoms with Crippen molar-refractivity contribution in [1.82, 2.24) is 10.2 Å². The molecule has 0 bridgehead atoms. The molecule has 3 rings (SSSR count). The first-order valence-electron chi connectivity index (χ1n) is 9.32. The lowest BCUT2D eigenvalue weighted by atomic mass is 10.1. The predicted molar refractivity (Wildman–Crippen MR) is 105 cm³/mol. The van der Waals surface area contributed by atoms with Gasteiger partial charge < -0.3 is 25.8 Å². The number of aromatic hydroxyl groups is 1. The van der Waals surface area contributed by atoms with Crippen LogP contribution in [0.5, 0.6) is 11.5 Å². The summed E-state index contributed by atoms with van der Waals surface area (Å²) in [5, 5.41) is 12.8. The first kappa shape index (κ1) is 20.2. The van der Waals surface area contributed by atoms with E-state index < -0.39 is 11.9 Å². The second-order valence-corrected chi connectivity index (χ2v) is 6.79. The van der Waals surface area contributed by atoms with Crippen molar-refractivity contribution in [3.63, 3.8) is 0 Å². The fourth-order valence-electron chi connectivity index (χ4n) is 3.30. The minimum atomic E-state index is -0.587. The van der Waals surface area contributed by atoms with Gasteiger partial charge in [-0.3, -0.25) is 14.4 Å². The molecule has 3 amide bonds. The van der Waals surface area contributed by atoms with E-state index in [1.165, 1.54) is 11.0 Å². The molecule has 1 heterocycles. The number of primary amides is 1. The number of carbonyl (C=O) groups excluding carboxylic acids is 3. The number of hydrogen-bond donors (Lipinski definition) is 3. The zero-order valence-corrected chi connectivity index (χ0v) is 15.8. The maximum atomic E-state index is 12.8. The minimum absolute atomic E-state index is 0.101. The van der Waals surface area contributed by atoms with Gasteiger partial charge in [-0.1, -0.05) is 24.3 Å². The van der Waals surface area contributed by atoms with Crippen LogP contribution in [0.2, 0.25) is 0 Å². The number of carbonyl (C=O) groups is 3. The first-order chi connectivity index (χ1) is 14.0. The van der Waals surface area contributed by atoms with Gasteiger partial charge in [-0.15, -0.1) is 0 Å². The van der Waals surface area contributed by atoms with Crippen LogP contribution in [-0.4, -0.2) is 46.9 Å². The van der Waals surface area contributed by atoms with Gasteiger partial charge in [0.05, 0.1) is 5.56 Å². The Morgan fingerprint density at radius 1 is 1.17 bits per heavy atom. The lowest BCUT2D eigenvalue weighted by Crippen LogP contribution is -2.45. The Hall–Kier alpha value is -3.55. The summed E-state index contributed by atoms with van der Waals surface area (Å²) in [5.41, 5.74) is 6.04.